The van der Waals surface area contributed by atoms with E-state index in [2.05, 4.69) is 24.1 Å². The molecule has 0 amide bonds. The van der Waals surface area contributed by atoms with Crippen molar-refractivity contribution in [2.45, 2.75) is 73.1 Å². The number of methoxy groups -OCH3 is 1. The Morgan fingerprint density at radius 2 is 1.94 bits per heavy atom. The first-order valence-electron chi connectivity index (χ1n) is 12.6. The molecule has 0 fully saturated rings. The Bertz CT molecular complexity index is 860. The molecule has 0 aliphatic carbocycles. The maximum absolute atomic E-state index is 13.3. The topological polar surface area (TPSA) is 78.2 Å². The molecule has 36 heavy (non-hydrogen) atoms. The normalized spacial score (nSPS) is 11.5. The van der Waals surface area contributed by atoms with Crippen molar-refractivity contribution in [3.8, 4) is 5.88 Å². The van der Waals surface area contributed by atoms with E-state index in [-0.39, 0.29) is 18.4 Å². The number of aliphatic hydroxyl groups excluding tert-OH is 1. The van der Waals surface area contributed by atoms with E-state index in [4.69, 9.17) is 15.3 Å². The SMILES string of the molecule is C/C(F)=C/CCCC(C)CNCO.CCCc1ccc(C(C)=N)cc1F.CCc1ccc(OC)nc1. The van der Waals surface area contributed by atoms with Gasteiger partial charge in [-0.3, -0.25) is 5.32 Å². The number of allylic oxidation sites excluding steroid dienone is 2. The highest BCUT2D eigenvalue weighted by Gasteiger charge is 2.03. The van der Waals surface area contributed by atoms with Crippen LogP contribution in [0, 0.1) is 17.1 Å². The van der Waals surface area contributed by atoms with Crippen LogP contribution >= 0.6 is 0 Å². The van der Waals surface area contributed by atoms with E-state index < -0.39 is 0 Å². The van der Waals surface area contributed by atoms with Crippen molar-refractivity contribution >= 4 is 5.71 Å². The molecule has 1 heterocycles. The summed E-state index contributed by atoms with van der Waals surface area (Å²) in [6.45, 7) is 10.2. The molecule has 3 N–H and O–H groups in total. The second-order valence-corrected chi connectivity index (χ2v) is 8.68. The van der Waals surface area contributed by atoms with Crippen LogP contribution in [0.2, 0.25) is 0 Å². The molecule has 0 saturated heterocycles. The third-order valence-corrected chi connectivity index (χ3v) is 5.35. The van der Waals surface area contributed by atoms with E-state index in [0.29, 0.717) is 23.1 Å². The van der Waals surface area contributed by atoms with Gasteiger partial charge in [-0.1, -0.05) is 51.5 Å². The number of nitrogens with zero attached hydrogens (tertiary/aromatic N) is 1. The number of aliphatic hydroxyl groups is 1. The molecule has 0 radical (unpaired) electrons. The Hall–Kier alpha value is -2.64. The fraction of sp³-hybridized carbons (Fsp3) is 0.517. The molecular formula is C29H45F2N3O2. The van der Waals surface area contributed by atoms with Crippen molar-refractivity contribution < 1.29 is 18.6 Å². The molecule has 0 aliphatic rings. The molecule has 0 aliphatic heterocycles. The zero-order valence-corrected chi connectivity index (χ0v) is 22.8. The van der Waals surface area contributed by atoms with Crippen LogP contribution in [0.25, 0.3) is 0 Å². The first-order valence-corrected chi connectivity index (χ1v) is 12.6. The first-order chi connectivity index (χ1) is 17.2. The summed E-state index contributed by atoms with van der Waals surface area (Å²) in [4.78, 5) is 4.05. The third kappa shape index (κ3) is 16.1. The van der Waals surface area contributed by atoms with Gasteiger partial charge in [0, 0.05) is 18.0 Å². The van der Waals surface area contributed by atoms with Gasteiger partial charge in [-0.25, -0.2) is 13.8 Å². The molecule has 1 aromatic heterocycles. The Morgan fingerprint density at radius 1 is 1.22 bits per heavy atom. The van der Waals surface area contributed by atoms with Crippen molar-refractivity contribution in [1.82, 2.24) is 10.3 Å². The number of unbranched alkanes of at least 4 members (excludes halogenated alkanes) is 1. The predicted molar refractivity (Wildman–Crippen MR) is 146 cm³/mol. The zero-order valence-electron chi connectivity index (χ0n) is 22.8. The summed E-state index contributed by atoms with van der Waals surface area (Å²) in [5.41, 5.74) is 3.05. The number of hydrogen-bond donors (Lipinski definition) is 3. The number of aryl methyl sites for hydroxylation is 2. The maximum Gasteiger partial charge on any atom is 0.212 e. The molecule has 0 saturated carbocycles. The monoisotopic (exact) mass is 505 g/mol. The lowest BCUT2D eigenvalue weighted by Gasteiger charge is -2.09. The summed E-state index contributed by atoms with van der Waals surface area (Å²) in [5.74, 6) is 0.935. The minimum atomic E-state index is -0.189. The molecular weight excluding hydrogens is 460 g/mol. The van der Waals surface area contributed by atoms with E-state index in [1.165, 1.54) is 18.6 Å². The van der Waals surface area contributed by atoms with E-state index in [0.717, 1.165) is 50.6 Å². The predicted octanol–water partition coefficient (Wildman–Crippen LogP) is 7.02. The van der Waals surface area contributed by atoms with Crippen molar-refractivity contribution in [1.29, 1.82) is 5.41 Å². The summed E-state index contributed by atoms with van der Waals surface area (Å²) < 4.78 is 30.4. The van der Waals surface area contributed by atoms with Gasteiger partial charge < -0.3 is 15.3 Å². The Labute approximate surface area is 216 Å². The highest BCUT2D eigenvalue weighted by molar-refractivity contribution is 5.96. The standard InChI is InChI=1S/C11H14FN.C10H20FNO.C8H11NO/c1-3-4-9-5-6-10(8(2)13)7-11(9)12;1-9(7-12-8-13)5-3-4-6-10(2)11;1-3-7-4-5-8(10-2)9-6-7/h5-7,13H,3-4H2,1-2H3;6,9,12-13H,3-5,7-8H2,1-2H3;4-6H,3H2,1-2H3/b;10-6-;. The molecule has 5 nitrogen and oxygen atoms in total. The van der Waals surface area contributed by atoms with Crippen LogP contribution in [-0.4, -0.2) is 36.2 Å². The highest BCUT2D eigenvalue weighted by atomic mass is 19.1. The summed E-state index contributed by atoms with van der Waals surface area (Å²) in [7, 11) is 1.62. The maximum atomic E-state index is 13.3. The molecule has 1 atom stereocenters. The van der Waals surface area contributed by atoms with Gasteiger partial charge in [0.2, 0.25) is 5.88 Å². The van der Waals surface area contributed by atoms with Gasteiger partial charge in [-0.2, -0.15) is 0 Å². The van der Waals surface area contributed by atoms with Crippen LogP contribution in [0.15, 0.2) is 48.4 Å². The fourth-order valence-corrected chi connectivity index (χ4v) is 3.17. The van der Waals surface area contributed by atoms with E-state index in [1.54, 1.807) is 32.2 Å². The minimum Gasteiger partial charge on any atom is -0.481 e. The zero-order chi connectivity index (χ0) is 27.3. The lowest BCUT2D eigenvalue weighted by atomic mass is 10.0. The largest absolute Gasteiger partial charge is 0.481 e. The molecule has 0 bridgehead atoms. The summed E-state index contributed by atoms with van der Waals surface area (Å²) in [5, 5.41) is 18.7. The second kappa shape index (κ2) is 20.5. The number of rotatable bonds is 12. The van der Waals surface area contributed by atoms with Crippen molar-refractivity contribution in [2.75, 3.05) is 20.4 Å². The fourth-order valence-electron chi connectivity index (χ4n) is 3.17. The van der Waals surface area contributed by atoms with Gasteiger partial charge in [0.25, 0.3) is 0 Å². The van der Waals surface area contributed by atoms with Gasteiger partial charge in [-0.05, 0) is 81.2 Å². The number of aromatic nitrogens is 1. The third-order valence-electron chi connectivity index (χ3n) is 5.35. The van der Waals surface area contributed by atoms with Crippen molar-refractivity contribution in [3.05, 3.63) is 70.9 Å². The number of nitrogens with one attached hydrogen (secondary N) is 2. The van der Waals surface area contributed by atoms with Gasteiger partial charge in [0.05, 0.1) is 19.7 Å². The molecule has 7 heteroatoms. The smallest absolute Gasteiger partial charge is 0.212 e. The highest BCUT2D eigenvalue weighted by Crippen LogP contribution is 2.13. The van der Waals surface area contributed by atoms with Crippen LogP contribution in [-0.2, 0) is 12.8 Å². The Morgan fingerprint density at radius 3 is 2.42 bits per heavy atom. The van der Waals surface area contributed by atoms with Crippen LogP contribution < -0.4 is 10.1 Å². The molecule has 0 spiro atoms. The number of ether oxygens (including phenoxy) is 1. The average molecular weight is 506 g/mol. The molecule has 1 aromatic carbocycles. The van der Waals surface area contributed by atoms with Gasteiger partial charge in [0.15, 0.2) is 0 Å². The Balaban J connectivity index is 0.000000515. The molecule has 202 valence electrons. The van der Waals surface area contributed by atoms with Crippen molar-refractivity contribution in [2.24, 2.45) is 5.92 Å². The van der Waals surface area contributed by atoms with E-state index in [1.807, 2.05) is 25.3 Å². The van der Waals surface area contributed by atoms with E-state index in [9.17, 15) is 8.78 Å². The van der Waals surface area contributed by atoms with E-state index >= 15 is 0 Å². The lowest BCUT2D eigenvalue weighted by Crippen LogP contribution is -2.21. The van der Waals surface area contributed by atoms with Crippen LogP contribution in [0.4, 0.5) is 8.78 Å². The number of halogens is 2. The summed E-state index contributed by atoms with van der Waals surface area (Å²) in [6.07, 6.45) is 9.07. The molecule has 1 unspecified atom stereocenters. The second-order valence-electron chi connectivity index (χ2n) is 8.68. The van der Waals surface area contributed by atoms with Gasteiger partial charge >= 0.3 is 0 Å². The quantitative estimate of drug-likeness (QED) is 0.164. The summed E-state index contributed by atoms with van der Waals surface area (Å²) in [6, 6.07) is 8.90. The minimum absolute atomic E-state index is 0.0355. The first kappa shape index (κ1) is 33.4. The number of pyridine rings is 1. The lowest BCUT2D eigenvalue weighted by molar-refractivity contribution is 0.250. The summed E-state index contributed by atoms with van der Waals surface area (Å²) >= 11 is 0. The van der Waals surface area contributed by atoms with Crippen molar-refractivity contribution in [3.63, 3.8) is 0 Å². The molecule has 2 rings (SSSR count). The van der Waals surface area contributed by atoms with Crippen LogP contribution in [0.5, 0.6) is 5.88 Å². The molecule has 2 aromatic rings. The van der Waals surface area contributed by atoms with Crippen LogP contribution in [0.3, 0.4) is 0 Å². The number of hydrogen-bond acceptors (Lipinski definition) is 5. The van der Waals surface area contributed by atoms with Gasteiger partial charge in [-0.15, -0.1) is 0 Å². The number of benzene rings is 1. The van der Waals surface area contributed by atoms with Crippen LogP contribution in [0.1, 0.15) is 77.0 Å². The Kier molecular flexibility index (Phi) is 19.0. The van der Waals surface area contributed by atoms with Gasteiger partial charge in [0.1, 0.15) is 5.82 Å². The average Bonchev–Trinajstić information content (AvgIpc) is 2.87.